The minimum atomic E-state index is -0.833. The van der Waals surface area contributed by atoms with Gasteiger partial charge in [0.15, 0.2) is 5.79 Å². The fourth-order valence-corrected chi connectivity index (χ4v) is 5.68. The molecule has 2 fully saturated rings. The normalized spacial score (nSPS) is 24.5. The molecule has 2 aliphatic rings. The van der Waals surface area contributed by atoms with Gasteiger partial charge in [0.25, 0.3) is 5.97 Å². The average molecular weight is 487 g/mol. The molecule has 0 aromatic carbocycles. The molecule has 2 saturated heterocycles. The molecule has 0 aromatic heterocycles. The van der Waals surface area contributed by atoms with E-state index in [1.54, 1.807) is 0 Å². The number of hydrogen-bond donors (Lipinski definition) is 2. The Labute approximate surface area is 210 Å². The number of aliphatic hydroxyl groups excluding tert-OH is 1. The molecule has 3 atom stereocenters. The summed E-state index contributed by atoms with van der Waals surface area (Å²) in [6.07, 6.45) is 19.0. The fourth-order valence-electron chi connectivity index (χ4n) is 5.68. The van der Waals surface area contributed by atoms with Crippen LogP contribution in [0.25, 0.3) is 0 Å². The van der Waals surface area contributed by atoms with Crippen LogP contribution >= 0.6 is 0 Å². The van der Waals surface area contributed by atoms with E-state index >= 15 is 0 Å². The van der Waals surface area contributed by atoms with E-state index in [4.69, 9.17) is 19.4 Å². The Morgan fingerprint density at radius 3 is 1.65 bits per heavy atom. The molecule has 0 bridgehead atoms. The van der Waals surface area contributed by atoms with E-state index in [1.807, 2.05) is 13.8 Å². The Kier molecular flexibility index (Phi) is 15.6. The molecule has 0 unspecified atom stereocenters. The molecule has 34 heavy (non-hydrogen) atoms. The van der Waals surface area contributed by atoms with E-state index < -0.39 is 11.8 Å². The van der Waals surface area contributed by atoms with Crippen molar-refractivity contribution in [2.75, 3.05) is 26.2 Å². The van der Waals surface area contributed by atoms with Gasteiger partial charge in [-0.1, -0.05) is 78.1 Å². The van der Waals surface area contributed by atoms with Crippen LogP contribution in [0.3, 0.4) is 0 Å². The largest absolute Gasteiger partial charge is 0.481 e. The van der Waals surface area contributed by atoms with Gasteiger partial charge in [-0.25, -0.2) is 0 Å². The average Bonchev–Trinajstić information content (AvgIpc) is 3.24. The number of hydrogen-bond acceptors (Lipinski definition) is 4. The molecule has 0 aliphatic carbocycles. The van der Waals surface area contributed by atoms with Gasteiger partial charge in [-0.15, -0.1) is 0 Å². The SMILES string of the molecule is CC(=O)O.CCCCCCCCC[N+]1(CCCCCCCCC)C[C@H](CO)[C@H]2OC(C)(C)O[C@@H]21. The molecule has 0 spiro atoms. The molecule has 6 heteroatoms. The third-order valence-corrected chi connectivity index (χ3v) is 7.36. The van der Waals surface area contributed by atoms with Crippen molar-refractivity contribution in [2.24, 2.45) is 5.92 Å². The summed E-state index contributed by atoms with van der Waals surface area (Å²) in [5.74, 6) is -1.14. The first-order valence-corrected chi connectivity index (χ1v) is 14.2. The van der Waals surface area contributed by atoms with Crippen LogP contribution < -0.4 is 0 Å². The molecule has 0 aromatic rings. The van der Waals surface area contributed by atoms with Crippen molar-refractivity contribution in [3.63, 3.8) is 0 Å². The second-order valence-electron chi connectivity index (χ2n) is 11.0. The summed E-state index contributed by atoms with van der Waals surface area (Å²) in [4.78, 5) is 9.00. The third-order valence-electron chi connectivity index (χ3n) is 7.36. The minimum absolute atomic E-state index is 0.0547. The standard InChI is InChI=1S/C26H52NO3.C2H4O2/c1-5-7-9-11-13-15-17-19-27(20-18-16-14-12-10-8-6-2)21-23(22-28)24-25(27)30-26(3,4)29-24;1-2(3)4/h23-25,28H,5-22H2,1-4H3;1H3,(H,3,4)/q+1;/t23-,24-,25+;/m1./s1. The maximum Gasteiger partial charge on any atom is 0.300 e. The van der Waals surface area contributed by atoms with Gasteiger partial charge in [-0.2, -0.15) is 0 Å². The first-order valence-electron chi connectivity index (χ1n) is 14.2. The first-order chi connectivity index (χ1) is 16.2. The Balaban J connectivity index is 0.00000133. The highest BCUT2D eigenvalue weighted by Crippen LogP contribution is 2.44. The second kappa shape index (κ2) is 16.9. The number of fused-ring (bicyclic) bond motifs is 1. The molecule has 2 aliphatic heterocycles. The summed E-state index contributed by atoms with van der Waals surface area (Å²) < 4.78 is 13.8. The van der Waals surface area contributed by atoms with E-state index in [0.717, 1.165) is 18.0 Å². The topological polar surface area (TPSA) is 76.0 Å². The molecule has 0 radical (unpaired) electrons. The highest BCUT2D eigenvalue weighted by molar-refractivity contribution is 5.62. The van der Waals surface area contributed by atoms with Gasteiger partial charge in [0.1, 0.15) is 6.10 Å². The highest BCUT2D eigenvalue weighted by atomic mass is 16.8. The van der Waals surface area contributed by atoms with E-state index in [9.17, 15) is 5.11 Å². The van der Waals surface area contributed by atoms with Crippen molar-refractivity contribution in [3.8, 4) is 0 Å². The molecule has 6 nitrogen and oxygen atoms in total. The predicted octanol–water partition coefficient (Wildman–Crippen LogP) is 6.50. The molecule has 202 valence electrons. The summed E-state index contributed by atoms with van der Waals surface area (Å²) in [5, 5.41) is 17.5. The number of aliphatic carboxylic acids is 1. The summed E-state index contributed by atoms with van der Waals surface area (Å²) in [5.41, 5.74) is 0. The molecular weight excluding hydrogens is 430 g/mol. The smallest absolute Gasteiger partial charge is 0.300 e. The Hall–Kier alpha value is -0.690. The van der Waals surface area contributed by atoms with Crippen LogP contribution in [0.1, 0.15) is 125 Å². The Bertz CT molecular complexity index is 517. The molecule has 2 N–H and O–H groups in total. The monoisotopic (exact) mass is 486 g/mol. The van der Waals surface area contributed by atoms with Crippen LogP contribution in [0.15, 0.2) is 0 Å². The van der Waals surface area contributed by atoms with Crippen LogP contribution in [0.4, 0.5) is 0 Å². The number of rotatable bonds is 17. The highest BCUT2D eigenvalue weighted by Gasteiger charge is 2.61. The van der Waals surface area contributed by atoms with Crippen LogP contribution in [0.2, 0.25) is 0 Å². The molecule has 0 amide bonds. The Morgan fingerprint density at radius 1 is 0.824 bits per heavy atom. The number of quaternary nitrogens is 1. The van der Waals surface area contributed by atoms with E-state index in [2.05, 4.69) is 13.8 Å². The van der Waals surface area contributed by atoms with Gasteiger partial charge in [0, 0.05) is 6.92 Å². The quantitative estimate of drug-likeness (QED) is 0.181. The van der Waals surface area contributed by atoms with Crippen LogP contribution in [0, 0.1) is 5.92 Å². The number of likely N-dealkylation sites (tertiary alicyclic amines) is 1. The summed E-state index contributed by atoms with van der Waals surface area (Å²) >= 11 is 0. The third kappa shape index (κ3) is 11.4. The number of aliphatic hydroxyl groups is 1. The van der Waals surface area contributed by atoms with Gasteiger partial charge in [0.05, 0.1) is 32.2 Å². The van der Waals surface area contributed by atoms with Crippen molar-refractivity contribution in [1.82, 2.24) is 0 Å². The summed E-state index contributed by atoms with van der Waals surface area (Å²) in [6, 6.07) is 0. The zero-order valence-corrected chi connectivity index (χ0v) is 23.0. The van der Waals surface area contributed by atoms with Crippen LogP contribution in [0.5, 0.6) is 0 Å². The second-order valence-corrected chi connectivity index (χ2v) is 11.0. The number of nitrogens with zero attached hydrogens (tertiary/aromatic N) is 1. The predicted molar refractivity (Wildman–Crippen MR) is 139 cm³/mol. The van der Waals surface area contributed by atoms with E-state index in [1.165, 1.54) is 103 Å². The van der Waals surface area contributed by atoms with Crippen molar-refractivity contribution < 1.29 is 29.0 Å². The maximum absolute atomic E-state index is 10.1. The number of carboxylic acids is 1. The van der Waals surface area contributed by atoms with E-state index in [-0.39, 0.29) is 24.9 Å². The first kappa shape index (κ1) is 31.3. The zero-order valence-electron chi connectivity index (χ0n) is 23.0. The van der Waals surface area contributed by atoms with Gasteiger partial charge in [-0.3, -0.25) is 14.0 Å². The van der Waals surface area contributed by atoms with Crippen molar-refractivity contribution in [1.29, 1.82) is 0 Å². The van der Waals surface area contributed by atoms with Gasteiger partial charge in [-0.05, 0) is 39.5 Å². The summed E-state index contributed by atoms with van der Waals surface area (Å²) in [7, 11) is 0. The van der Waals surface area contributed by atoms with Crippen LogP contribution in [-0.4, -0.2) is 65.0 Å². The lowest BCUT2D eigenvalue weighted by Gasteiger charge is -2.39. The molecular formula is C28H56NO5+. The van der Waals surface area contributed by atoms with Crippen molar-refractivity contribution in [3.05, 3.63) is 0 Å². The molecule has 2 heterocycles. The lowest BCUT2D eigenvalue weighted by molar-refractivity contribution is -0.961. The Morgan fingerprint density at radius 2 is 1.24 bits per heavy atom. The lowest BCUT2D eigenvalue weighted by atomic mass is 10.1. The molecule has 0 saturated carbocycles. The number of carbonyl (C=O) groups is 1. The number of unbranched alkanes of at least 4 members (excludes halogenated alkanes) is 12. The van der Waals surface area contributed by atoms with Crippen LogP contribution in [-0.2, 0) is 14.3 Å². The van der Waals surface area contributed by atoms with Gasteiger partial charge >= 0.3 is 0 Å². The lowest BCUT2D eigenvalue weighted by Crippen LogP contribution is -2.55. The van der Waals surface area contributed by atoms with E-state index in [0.29, 0.717) is 0 Å². The summed E-state index contributed by atoms with van der Waals surface area (Å²) in [6.45, 7) is 13.3. The molecule has 2 rings (SSSR count). The number of ether oxygens (including phenoxy) is 2. The number of carboxylic acid groups (broad SMARTS) is 1. The van der Waals surface area contributed by atoms with Crippen molar-refractivity contribution >= 4 is 5.97 Å². The van der Waals surface area contributed by atoms with Gasteiger partial charge < -0.3 is 14.9 Å². The fraction of sp³-hybridized carbons (Fsp3) is 0.964. The van der Waals surface area contributed by atoms with Gasteiger partial charge in [0.2, 0.25) is 6.23 Å². The zero-order chi connectivity index (χ0) is 25.5. The minimum Gasteiger partial charge on any atom is -0.481 e. The van der Waals surface area contributed by atoms with Crippen molar-refractivity contribution in [2.45, 2.75) is 143 Å². The maximum atomic E-state index is 10.1.